The topological polar surface area (TPSA) is 38.9 Å². The molecule has 0 radical (unpaired) electrons. The number of aromatic nitrogens is 1. The van der Waals surface area contributed by atoms with Gasteiger partial charge >= 0.3 is 6.61 Å². The molecule has 1 heterocycles. The highest BCUT2D eigenvalue weighted by Gasteiger charge is 2.16. The van der Waals surface area contributed by atoms with Gasteiger partial charge in [0.25, 0.3) is 0 Å². The summed E-state index contributed by atoms with van der Waals surface area (Å²) in [5.74, 6) is 0.126. The average molecular weight is 440 g/mol. The third-order valence-corrected chi connectivity index (χ3v) is 5.93. The quantitative estimate of drug-likeness (QED) is 0.349. The molecule has 0 unspecified atom stereocenters. The molecule has 0 atom stereocenters. The molecule has 4 rings (SSSR count). The van der Waals surface area contributed by atoms with E-state index in [-0.39, 0.29) is 5.75 Å². The van der Waals surface area contributed by atoms with Crippen LogP contribution in [0.5, 0.6) is 5.75 Å². The standard InChI is InChI=1S/C24H23F2N3OS/c1-2-15-27-24-29(28-21-10-6-4-8-17-7-3-5-9-20(17)21)22(16-31-24)18-11-13-19(14-12-18)30-23(25)26/h2-3,5,7,9,11-14,16,23H,1,4,6,8,10,15H2/b27-24?,28-21+. The Kier molecular flexibility index (Phi) is 6.72. The van der Waals surface area contributed by atoms with Crippen molar-refractivity contribution < 1.29 is 13.5 Å². The van der Waals surface area contributed by atoms with Crippen LogP contribution in [0.4, 0.5) is 8.78 Å². The van der Waals surface area contributed by atoms with Crippen molar-refractivity contribution in [1.29, 1.82) is 0 Å². The van der Waals surface area contributed by atoms with Gasteiger partial charge in [-0.25, -0.2) is 4.68 Å². The van der Waals surface area contributed by atoms with Crippen molar-refractivity contribution >= 4 is 17.0 Å². The lowest BCUT2D eigenvalue weighted by Crippen LogP contribution is -2.16. The van der Waals surface area contributed by atoms with Crippen LogP contribution >= 0.6 is 11.3 Å². The van der Waals surface area contributed by atoms with Crippen molar-refractivity contribution in [2.75, 3.05) is 6.54 Å². The highest BCUT2D eigenvalue weighted by atomic mass is 32.1. The number of thiazole rings is 1. The first-order valence-electron chi connectivity index (χ1n) is 10.2. The van der Waals surface area contributed by atoms with Crippen LogP contribution in [0.3, 0.4) is 0 Å². The molecule has 4 nitrogen and oxygen atoms in total. The van der Waals surface area contributed by atoms with E-state index in [4.69, 9.17) is 5.10 Å². The minimum atomic E-state index is -2.84. The molecular weight excluding hydrogens is 416 g/mol. The Bertz CT molecular complexity index is 1150. The van der Waals surface area contributed by atoms with Gasteiger partial charge in [-0.2, -0.15) is 13.9 Å². The molecule has 1 aliphatic carbocycles. The Morgan fingerprint density at radius 1 is 1.10 bits per heavy atom. The Hall–Kier alpha value is -3.06. The summed E-state index contributed by atoms with van der Waals surface area (Å²) in [6, 6.07) is 15.0. The van der Waals surface area contributed by atoms with Gasteiger partial charge in [-0.05, 0) is 55.5 Å². The molecule has 2 aromatic carbocycles. The van der Waals surface area contributed by atoms with E-state index in [0.717, 1.165) is 47.5 Å². The fourth-order valence-corrected chi connectivity index (χ4v) is 4.48. The molecule has 0 spiro atoms. The van der Waals surface area contributed by atoms with E-state index in [9.17, 15) is 8.78 Å². The molecule has 0 bridgehead atoms. The number of rotatable bonds is 6. The summed E-state index contributed by atoms with van der Waals surface area (Å²) in [6.45, 7) is 1.40. The van der Waals surface area contributed by atoms with E-state index in [0.29, 0.717) is 6.54 Å². The van der Waals surface area contributed by atoms with E-state index in [1.807, 2.05) is 16.1 Å². The smallest absolute Gasteiger partial charge is 0.387 e. The maximum atomic E-state index is 12.5. The van der Waals surface area contributed by atoms with Crippen molar-refractivity contribution in [1.82, 2.24) is 4.68 Å². The Balaban J connectivity index is 1.81. The molecule has 1 aromatic heterocycles. The van der Waals surface area contributed by atoms with Gasteiger partial charge in [0.05, 0.1) is 18.0 Å². The first kappa shape index (κ1) is 21.2. The van der Waals surface area contributed by atoms with Crippen LogP contribution in [0.15, 0.2) is 76.7 Å². The maximum Gasteiger partial charge on any atom is 0.387 e. The summed E-state index contributed by atoms with van der Waals surface area (Å²) in [5, 5.41) is 7.03. The number of alkyl halides is 2. The van der Waals surface area contributed by atoms with Gasteiger partial charge in [-0.3, -0.25) is 4.99 Å². The Morgan fingerprint density at radius 2 is 1.87 bits per heavy atom. The van der Waals surface area contributed by atoms with Gasteiger partial charge in [0.15, 0.2) is 0 Å². The number of halogens is 2. The molecule has 7 heteroatoms. The van der Waals surface area contributed by atoms with Gasteiger partial charge in [0.1, 0.15) is 5.75 Å². The number of benzene rings is 2. The second-order valence-electron chi connectivity index (χ2n) is 7.16. The predicted molar refractivity (Wildman–Crippen MR) is 121 cm³/mol. The monoisotopic (exact) mass is 439 g/mol. The van der Waals surface area contributed by atoms with Crippen LogP contribution in [-0.2, 0) is 6.42 Å². The fraction of sp³-hybridized carbons (Fsp3) is 0.250. The first-order chi connectivity index (χ1) is 15.2. The van der Waals surface area contributed by atoms with Crippen molar-refractivity contribution in [2.24, 2.45) is 10.1 Å². The van der Waals surface area contributed by atoms with Crippen molar-refractivity contribution in [3.63, 3.8) is 0 Å². The average Bonchev–Trinajstić information content (AvgIpc) is 3.05. The van der Waals surface area contributed by atoms with E-state index < -0.39 is 6.61 Å². The molecule has 3 aromatic rings. The number of hydrogen-bond donors (Lipinski definition) is 0. The second-order valence-corrected chi connectivity index (χ2v) is 8.00. The lowest BCUT2D eigenvalue weighted by Gasteiger charge is -2.10. The van der Waals surface area contributed by atoms with Crippen LogP contribution < -0.4 is 9.54 Å². The number of ether oxygens (including phenoxy) is 1. The second kappa shape index (κ2) is 9.83. The van der Waals surface area contributed by atoms with Crippen LogP contribution in [0, 0.1) is 0 Å². The molecular formula is C24H23F2N3OS. The number of fused-ring (bicyclic) bond motifs is 1. The van der Waals surface area contributed by atoms with Crippen molar-refractivity contribution in [3.8, 4) is 17.0 Å². The zero-order valence-corrected chi connectivity index (χ0v) is 17.8. The molecule has 0 amide bonds. The van der Waals surface area contributed by atoms with Gasteiger partial charge in [0.2, 0.25) is 4.80 Å². The van der Waals surface area contributed by atoms with E-state index in [1.54, 1.807) is 18.2 Å². The zero-order valence-electron chi connectivity index (χ0n) is 17.0. The lowest BCUT2D eigenvalue weighted by molar-refractivity contribution is -0.0498. The van der Waals surface area contributed by atoms with Crippen LogP contribution in [0.2, 0.25) is 0 Å². The number of hydrogen-bond acceptors (Lipinski definition) is 4. The highest BCUT2D eigenvalue weighted by Crippen LogP contribution is 2.26. The molecule has 1 aliphatic rings. The van der Waals surface area contributed by atoms with Crippen molar-refractivity contribution in [3.05, 3.63) is 82.5 Å². The molecule has 0 aliphatic heterocycles. The van der Waals surface area contributed by atoms with Gasteiger partial charge < -0.3 is 4.74 Å². The third kappa shape index (κ3) is 4.99. The number of nitrogens with zero attached hydrogens (tertiary/aromatic N) is 3. The SMILES string of the molecule is C=CCN=c1scc(-c2ccc(OC(F)F)cc2)n1/N=C1\CCCCc2ccccc21. The molecule has 0 saturated carbocycles. The highest BCUT2D eigenvalue weighted by molar-refractivity contribution is 7.07. The minimum Gasteiger partial charge on any atom is -0.435 e. The summed E-state index contributed by atoms with van der Waals surface area (Å²) in [4.78, 5) is 5.37. The summed E-state index contributed by atoms with van der Waals surface area (Å²) in [5.41, 5.74) is 5.23. The molecule has 0 N–H and O–H groups in total. The fourth-order valence-electron chi connectivity index (χ4n) is 3.64. The number of aryl methyl sites for hydroxylation is 1. The van der Waals surface area contributed by atoms with E-state index >= 15 is 0 Å². The predicted octanol–water partition coefficient (Wildman–Crippen LogP) is 5.88. The van der Waals surface area contributed by atoms with Crippen LogP contribution in [0.1, 0.15) is 30.4 Å². The van der Waals surface area contributed by atoms with Gasteiger partial charge in [0, 0.05) is 16.5 Å². The first-order valence-corrected chi connectivity index (χ1v) is 11.1. The summed E-state index contributed by atoms with van der Waals surface area (Å²) in [7, 11) is 0. The minimum absolute atomic E-state index is 0.126. The molecule has 0 saturated heterocycles. The van der Waals surface area contributed by atoms with Crippen molar-refractivity contribution in [2.45, 2.75) is 32.3 Å². The maximum absolute atomic E-state index is 12.5. The Labute approximate surface area is 183 Å². The van der Waals surface area contributed by atoms with Crippen LogP contribution in [-0.4, -0.2) is 23.5 Å². The molecule has 160 valence electrons. The largest absolute Gasteiger partial charge is 0.435 e. The summed E-state index contributed by atoms with van der Waals surface area (Å²) < 4.78 is 31.3. The van der Waals surface area contributed by atoms with Crippen LogP contribution in [0.25, 0.3) is 11.3 Å². The van der Waals surface area contributed by atoms with E-state index in [2.05, 4.69) is 34.5 Å². The normalized spacial score (nSPS) is 15.7. The summed E-state index contributed by atoms with van der Waals surface area (Å²) >= 11 is 1.49. The molecule has 31 heavy (non-hydrogen) atoms. The molecule has 0 fully saturated rings. The van der Waals surface area contributed by atoms with Gasteiger partial charge in [-0.1, -0.05) is 30.3 Å². The van der Waals surface area contributed by atoms with E-state index in [1.165, 1.54) is 34.6 Å². The van der Waals surface area contributed by atoms with Gasteiger partial charge in [-0.15, -0.1) is 17.9 Å². The Morgan fingerprint density at radius 3 is 2.65 bits per heavy atom. The third-order valence-electron chi connectivity index (χ3n) is 5.07. The lowest BCUT2D eigenvalue weighted by atomic mass is 10.0. The summed E-state index contributed by atoms with van der Waals surface area (Å²) in [6.07, 6.45) is 5.90. The zero-order chi connectivity index (χ0) is 21.6.